The molecule has 1 saturated carbocycles. The molecule has 0 saturated heterocycles. The van der Waals surface area contributed by atoms with Gasteiger partial charge < -0.3 is 20.6 Å². The standard InChI is InChI=1S/C13H25N3O3/c1-13(2,8-16(3)4)7-14-12(19)15-10(11(17)18)9-5-6-9/h9-10H,5-8H2,1-4H3,(H,17,18)(H2,14,15,19). The Bertz CT molecular complexity index is 338. The van der Waals surface area contributed by atoms with E-state index < -0.39 is 18.0 Å². The lowest BCUT2D eigenvalue weighted by Gasteiger charge is -2.28. The van der Waals surface area contributed by atoms with Crippen LogP contribution in [0.25, 0.3) is 0 Å². The second kappa shape index (κ2) is 6.23. The number of carbonyl (C=O) groups is 2. The van der Waals surface area contributed by atoms with E-state index in [0.29, 0.717) is 6.54 Å². The number of urea groups is 1. The van der Waals surface area contributed by atoms with Crippen molar-refractivity contribution in [1.29, 1.82) is 0 Å². The predicted molar refractivity (Wildman–Crippen MR) is 73.0 cm³/mol. The van der Waals surface area contributed by atoms with Gasteiger partial charge in [0.25, 0.3) is 0 Å². The summed E-state index contributed by atoms with van der Waals surface area (Å²) >= 11 is 0. The lowest BCUT2D eigenvalue weighted by Crippen LogP contribution is -2.50. The van der Waals surface area contributed by atoms with Crippen molar-refractivity contribution in [3.63, 3.8) is 0 Å². The minimum Gasteiger partial charge on any atom is -0.480 e. The van der Waals surface area contributed by atoms with Crippen molar-refractivity contribution >= 4 is 12.0 Å². The van der Waals surface area contributed by atoms with Crippen LogP contribution in [0, 0.1) is 11.3 Å². The van der Waals surface area contributed by atoms with Gasteiger partial charge in [-0.3, -0.25) is 0 Å². The highest BCUT2D eigenvalue weighted by atomic mass is 16.4. The zero-order valence-corrected chi connectivity index (χ0v) is 12.2. The minimum atomic E-state index is -0.954. The third kappa shape index (κ3) is 5.92. The lowest BCUT2D eigenvalue weighted by molar-refractivity contribution is -0.139. The Kier molecular flexibility index (Phi) is 5.17. The Hall–Kier alpha value is -1.30. The quantitative estimate of drug-likeness (QED) is 0.638. The highest BCUT2D eigenvalue weighted by molar-refractivity contribution is 5.83. The summed E-state index contributed by atoms with van der Waals surface area (Å²) in [6, 6.07) is -1.15. The molecule has 1 aliphatic rings. The number of hydrogen-bond acceptors (Lipinski definition) is 3. The molecule has 0 aromatic carbocycles. The first kappa shape index (κ1) is 15.8. The van der Waals surface area contributed by atoms with Crippen LogP contribution in [0.1, 0.15) is 26.7 Å². The molecule has 1 atom stereocenters. The largest absolute Gasteiger partial charge is 0.480 e. The van der Waals surface area contributed by atoms with Crippen LogP contribution in [-0.2, 0) is 4.79 Å². The fourth-order valence-corrected chi connectivity index (χ4v) is 2.23. The van der Waals surface area contributed by atoms with Gasteiger partial charge in [0.1, 0.15) is 6.04 Å². The van der Waals surface area contributed by atoms with Gasteiger partial charge in [0.15, 0.2) is 0 Å². The van der Waals surface area contributed by atoms with Crippen molar-refractivity contribution in [2.75, 3.05) is 27.2 Å². The maximum absolute atomic E-state index is 11.7. The number of aliphatic carboxylic acids is 1. The SMILES string of the molecule is CN(C)CC(C)(C)CNC(=O)NC(C(=O)O)C1CC1. The first-order valence-corrected chi connectivity index (χ1v) is 6.63. The van der Waals surface area contributed by atoms with Crippen molar-refractivity contribution < 1.29 is 14.7 Å². The summed E-state index contributed by atoms with van der Waals surface area (Å²) in [5.41, 5.74) is -0.0564. The average Bonchev–Trinajstić information content (AvgIpc) is 3.04. The van der Waals surface area contributed by atoms with E-state index in [1.165, 1.54) is 0 Å². The highest BCUT2D eigenvalue weighted by Gasteiger charge is 2.37. The first-order valence-electron chi connectivity index (χ1n) is 6.63. The van der Waals surface area contributed by atoms with Crippen LogP contribution in [0.2, 0.25) is 0 Å². The van der Waals surface area contributed by atoms with E-state index in [1.807, 2.05) is 14.1 Å². The van der Waals surface area contributed by atoms with Gasteiger partial charge in [-0.25, -0.2) is 9.59 Å². The van der Waals surface area contributed by atoms with Gasteiger partial charge in [-0.1, -0.05) is 13.8 Å². The average molecular weight is 271 g/mol. The molecule has 0 spiro atoms. The molecular weight excluding hydrogens is 246 g/mol. The van der Waals surface area contributed by atoms with Gasteiger partial charge in [-0.2, -0.15) is 0 Å². The highest BCUT2D eigenvalue weighted by Crippen LogP contribution is 2.32. The Morgan fingerprint density at radius 1 is 1.37 bits per heavy atom. The summed E-state index contributed by atoms with van der Waals surface area (Å²) in [5.74, 6) is -0.858. The first-order chi connectivity index (χ1) is 8.71. The van der Waals surface area contributed by atoms with E-state index in [9.17, 15) is 9.59 Å². The zero-order chi connectivity index (χ0) is 14.6. The van der Waals surface area contributed by atoms with Gasteiger partial charge >= 0.3 is 12.0 Å². The van der Waals surface area contributed by atoms with Crippen LogP contribution in [-0.4, -0.2) is 55.2 Å². The Labute approximate surface area is 114 Å². The molecule has 0 aromatic rings. The number of amides is 2. The summed E-state index contributed by atoms with van der Waals surface area (Å²) in [6.07, 6.45) is 1.76. The molecule has 1 rings (SSSR count). The molecule has 6 heteroatoms. The molecule has 1 fully saturated rings. The van der Waals surface area contributed by atoms with Crippen molar-refractivity contribution in [2.24, 2.45) is 11.3 Å². The summed E-state index contributed by atoms with van der Waals surface area (Å²) in [7, 11) is 3.96. The van der Waals surface area contributed by atoms with Crippen LogP contribution < -0.4 is 10.6 Å². The lowest BCUT2D eigenvalue weighted by atomic mass is 9.93. The fourth-order valence-electron chi connectivity index (χ4n) is 2.23. The Morgan fingerprint density at radius 3 is 2.37 bits per heavy atom. The van der Waals surface area contributed by atoms with Crippen LogP contribution in [0.15, 0.2) is 0 Å². The Balaban J connectivity index is 2.36. The maximum atomic E-state index is 11.7. The summed E-state index contributed by atoms with van der Waals surface area (Å²) < 4.78 is 0. The van der Waals surface area contributed by atoms with Crippen LogP contribution >= 0.6 is 0 Å². The number of carboxylic acids is 1. The molecule has 0 aromatic heterocycles. The monoisotopic (exact) mass is 271 g/mol. The molecule has 3 N–H and O–H groups in total. The molecule has 110 valence electrons. The summed E-state index contributed by atoms with van der Waals surface area (Å²) in [6.45, 7) is 5.47. The normalized spacial score (nSPS) is 17.1. The van der Waals surface area contributed by atoms with Crippen LogP contribution in [0.3, 0.4) is 0 Å². The second-order valence-electron chi connectivity index (χ2n) is 6.38. The molecule has 0 radical (unpaired) electrons. The Morgan fingerprint density at radius 2 is 1.95 bits per heavy atom. The maximum Gasteiger partial charge on any atom is 0.326 e. The predicted octanol–water partition coefficient (Wildman–Crippen LogP) is 0.737. The minimum absolute atomic E-state index is 0.0564. The van der Waals surface area contributed by atoms with Gasteiger partial charge in [0.2, 0.25) is 0 Å². The van der Waals surface area contributed by atoms with Crippen molar-refractivity contribution in [3.05, 3.63) is 0 Å². The van der Waals surface area contributed by atoms with Gasteiger partial charge in [-0.05, 0) is 38.3 Å². The molecule has 0 aliphatic heterocycles. The van der Waals surface area contributed by atoms with Crippen LogP contribution in [0.4, 0.5) is 4.79 Å². The summed E-state index contributed by atoms with van der Waals surface area (Å²) in [4.78, 5) is 24.8. The van der Waals surface area contributed by atoms with E-state index in [0.717, 1.165) is 19.4 Å². The third-order valence-corrected chi connectivity index (χ3v) is 3.12. The van der Waals surface area contributed by atoms with Gasteiger partial charge in [0.05, 0.1) is 0 Å². The molecular formula is C13H25N3O3. The molecule has 2 amide bonds. The van der Waals surface area contributed by atoms with E-state index in [2.05, 4.69) is 29.4 Å². The molecule has 19 heavy (non-hydrogen) atoms. The van der Waals surface area contributed by atoms with E-state index in [1.54, 1.807) is 0 Å². The topological polar surface area (TPSA) is 81.7 Å². The molecule has 6 nitrogen and oxygen atoms in total. The summed E-state index contributed by atoms with van der Waals surface area (Å²) in [5, 5.41) is 14.3. The van der Waals surface area contributed by atoms with Crippen molar-refractivity contribution in [2.45, 2.75) is 32.7 Å². The van der Waals surface area contributed by atoms with Crippen molar-refractivity contribution in [1.82, 2.24) is 15.5 Å². The molecule has 0 heterocycles. The van der Waals surface area contributed by atoms with Gasteiger partial charge in [-0.15, -0.1) is 0 Å². The second-order valence-corrected chi connectivity index (χ2v) is 6.38. The smallest absolute Gasteiger partial charge is 0.326 e. The number of hydrogen-bond donors (Lipinski definition) is 3. The number of carboxylic acid groups (broad SMARTS) is 1. The van der Waals surface area contributed by atoms with Gasteiger partial charge in [0, 0.05) is 13.1 Å². The van der Waals surface area contributed by atoms with Crippen molar-refractivity contribution in [3.8, 4) is 0 Å². The molecule has 0 bridgehead atoms. The van der Waals surface area contributed by atoms with E-state index in [-0.39, 0.29) is 11.3 Å². The molecule has 1 aliphatic carbocycles. The van der Waals surface area contributed by atoms with E-state index >= 15 is 0 Å². The number of nitrogens with zero attached hydrogens (tertiary/aromatic N) is 1. The zero-order valence-electron chi connectivity index (χ0n) is 12.2. The van der Waals surface area contributed by atoms with Crippen LogP contribution in [0.5, 0.6) is 0 Å². The third-order valence-electron chi connectivity index (χ3n) is 3.12. The fraction of sp³-hybridized carbons (Fsp3) is 0.846. The number of rotatable bonds is 7. The van der Waals surface area contributed by atoms with E-state index in [4.69, 9.17) is 5.11 Å². The molecule has 1 unspecified atom stereocenters. The number of carbonyl (C=O) groups excluding carboxylic acids is 1. The number of nitrogens with one attached hydrogen (secondary N) is 2.